The molecule has 0 bridgehead atoms. The van der Waals surface area contributed by atoms with E-state index in [0.29, 0.717) is 22.4 Å². The normalized spacial score (nSPS) is 9.55. The molecule has 0 aliphatic rings. The van der Waals surface area contributed by atoms with Crippen molar-refractivity contribution in [3.8, 4) is 0 Å². The molecule has 0 amide bonds. The van der Waals surface area contributed by atoms with E-state index in [-0.39, 0.29) is 0 Å². The SMILES string of the molecule is N=C(CBr)c1cccnc1N. The van der Waals surface area contributed by atoms with Gasteiger partial charge in [0.25, 0.3) is 0 Å². The summed E-state index contributed by atoms with van der Waals surface area (Å²) in [4.78, 5) is 3.86. The van der Waals surface area contributed by atoms with Crippen LogP contribution in [0.2, 0.25) is 0 Å². The van der Waals surface area contributed by atoms with Crippen molar-refractivity contribution in [1.29, 1.82) is 5.41 Å². The summed E-state index contributed by atoms with van der Waals surface area (Å²) in [5.74, 6) is 0.414. The standard InChI is InChI=1S/C7H8BrN3/c8-4-6(9)5-2-1-3-11-7(5)10/h1-3,9H,4H2,(H2,10,11). The average Bonchev–Trinajstić information content (AvgIpc) is 2.04. The lowest BCUT2D eigenvalue weighted by atomic mass is 10.2. The van der Waals surface area contributed by atoms with Crippen molar-refractivity contribution in [2.45, 2.75) is 0 Å². The van der Waals surface area contributed by atoms with E-state index in [1.54, 1.807) is 18.3 Å². The van der Waals surface area contributed by atoms with Gasteiger partial charge in [-0.25, -0.2) is 4.98 Å². The molecule has 11 heavy (non-hydrogen) atoms. The number of alkyl halides is 1. The summed E-state index contributed by atoms with van der Waals surface area (Å²) in [5.41, 5.74) is 6.68. The molecule has 1 rings (SSSR count). The van der Waals surface area contributed by atoms with Crippen molar-refractivity contribution in [2.75, 3.05) is 11.1 Å². The topological polar surface area (TPSA) is 62.8 Å². The lowest BCUT2D eigenvalue weighted by Crippen LogP contribution is -2.05. The molecule has 3 N–H and O–H groups in total. The van der Waals surface area contributed by atoms with Crippen LogP contribution in [0.3, 0.4) is 0 Å². The molecule has 4 heteroatoms. The average molecular weight is 214 g/mol. The number of nitrogens with one attached hydrogen (secondary N) is 1. The van der Waals surface area contributed by atoms with E-state index in [0.717, 1.165) is 0 Å². The minimum absolute atomic E-state index is 0.414. The third-order valence-electron chi connectivity index (χ3n) is 1.30. The highest BCUT2D eigenvalue weighted by Gasteiger charge is 2.02. The van der Waals surface area contributed by atoms with Gasteiger partial charge in [-0.1, -0.05) is 15.9 Å². The first-order valence-electron chi connectivity index (χ1n) is 3.10. The number of hydrogen-bond donors (Lipinski definition) is 2. The fourth-order valence-corrected chi connectivity index (χ4v) is 1.05. The van der Waals surface area contributed by atoms with Crippen molar-refractivity contribution in [2.24, 2.45) is 0 Å². The molecule has 0 saturated carbocycles. The summed E-state index contributed by atoms with van der Waals surface area (Å²) < 4.78 is 0. The van der Waals surface area contributed by atoms with Crippen LogP contribution < -0.4 is 5.73 Å². The minimum Gasteiger partial charge on any atom is -0.383 e. The minimum atomic E-state index is 0.414. The third-order valence-corrected chi connectivity index (χ3v) is 1.86. The van der Waals surface area contributed by atoms with Crippen LogP contribution in [0.5, 0.6) is 0 Å². The van der Waals surface area contributed by atoms with Gasteiger partial charge in [-0.2, -0.15) is 0 Å². The van der Waals surface area contributed by atoms with E-state index in [2.05, 4.69) is 20.9 Å². The van der Waals surface area contributed by atoms with E-state index < -0.39 is 0 Å². The largest absolute Gasteiger partial charge is 0.383 e. The molecule has 0 radical (unpaired) electrons. The molecule has 0 atom stereocenters. The first kappa shape index (κ1) is 8.20. The molecule has 0 aliphatic heterocycles. The maximum absolute atomic E-state index is 7.45. The Labute approximate surface area is 73.3 Å². The fourth-order valence-electron chi connectivity index (χ4n) is 0.745. The second-order valence-electron chi connectivity index (χ2n) is 2.05. The van der Waals surface area contributed by atoms with Gasteiger partial charge in [0.1, 0.15) is 5.82 Å². The highest BCUT2D eigenvalue weighted by atomic mass is 79.9. The van der Waals surface area contributed by atoms with Crippen LogP contribution in [0.4, 0.5) is 5.82 Å². The zero-order valence-corrected chi connectivity index (χ0v) is 7.43. The monoisotopic (exact) mass is 213 g/mol. The lowest BCUT2D eigenvalue weighted by molar-refractivity contribution is 1.31. The molecule has 0 saturated heterocycles. The first-order chi connectivity index (χ1) is 5.25. The predicted octanol–water partition coefficient (Wildman–Crippen LogP) is 1.43. The van der Waals surface area contributed by atoms with Crippen LogP contribution in [0.1, 0.15) is 5.56 Å². The Bertz CT molecular complexity index is 272. The number of nitrogens with zero attached hydrogens (tertiary/aromatic N) is 1. The van der Waals surface area contributed by atoms with E-state index >= 15 is 0 Å². The number of aromatic nitrogens is 1. The van der Waals surface area contributed by atoms with Crippen LogP contribution in [0.15, 0.2) is 18.3 Å². The Morgan fingerprint density at radius 1 is 1.73 bits per heavy atom. The second kappa shape index (κ2) is 3.48. The maximum Gasteiger partial charge on any atom is 0.132 e. The van der Waals surface area contributed by atoms with Crippen LogP contribution in [0, 0.1) is 5.41 Å². The van der Waals surface area contributed by atoms with Crippen molar-refractivity contribution in [3.63, 3.8) is 0 Å². The van der Waals surface area contributed by atoms with Gasteiger partial charge in [-0.15, -0.1) is 0 Å². The van der Waals surface area contributed by atoms with Gasteiger partial charge in [0.15, 0.2) is 0 Å². The number of halogens is 1. The van der Waals surface area contributed by atoms with Gasteiger partial charge >= 0.3 is 0 Å². The summed E-state index contributed by atoms with van der Waals surface area (Å²) in [5, 5.41) is 7.96. The van der Waals surface area contributed by atoms with E-state index in [1.807, 2.05) is 0 Å². The number of hydrogen-bond acceptors (Lipinski definition) is 3. The third kappa shape index (κ3) is 1.77. The van der Waals surface area contributed by atoms with Crippen molar-refractivity contribution < 1.29 is 0 Å². The van der Waals surface area contributed by atoms with Gasteiger partial charge in [-0.05, 0) is 12.1 Å². The van der Waals surface area contributed by atoms with Gasteiger partial charge in [0.2, 0.25) is 0 Å². The van der Waals surface area contributed by atoms with Gasteiger partial charge < -0.3 is 11.1 Å². The number of anilines is 1. The number of nitrogens with two attached hydrogens (primary N) is 1. The molecule has 58 valence electrons. The van der Waals surface area contributed by atoms with Crippen molar-refractivity contribution in [1.82, 2.24) is 4.98 Å². The highest BCUT2D eigenvalue weighted by molar-refractivity contribution is 9.09. The Kier molecular flexibility index (Phi) is 2.59. The molecule has 1 aromatic heterocycles. The van der Waals surface area contributed by atoms with Gasteiger partial charge in [0.05, 0.1) is 5.71 Å². The fraction of sp³-hybridized carbons (Fsp3) is 0.143. The molecule has 0 aromatic carbocycles. The second-order valence-corrected chi connectivity index (χ2v) is 2.61. The Hall–Kier alpha value is -0.900. The van der Waals surface area contributed by atoms with Crippen LogP contribution in [-0.2, 0) is 0 Å². The first-order valence-corrected chi connectivity index (χ1v) is 4.22. The summed E-state index contributed by atoms with van der Waals surface area (Å²) in [6, 6.07) is 3.55. The molecule has 3 nitrogen and oxygen atoms in total. The summed E-state index contributed by atoms with van der Waals surface area (Å²) in [7, 11) is 0. The predicted molar refractivity (Wildman–Crippen MR) is 49.3 cm³/mol. The summed E-state index contributed by atoms with van der Waals surface area (Å²) >= 11 is 3.18. The molecular formula is C7H8BrN3. The van der Waals surface area contributed by atoms with Crippen LogP contribution in [0.25, 0.3) is 0 Å². The molecule has 0 aliphatic carbocycles. The summed E-state index contributed by atoms with van der Waals surface area (Å²) in [6.07, 6.45) is 1.61. The molecule has 1 heterocycles. The molecule has 1 aromatic rings. The smallest absolute Gasteiger partial charge is 0.132 e. The Balaban J connectivity index is 3.03. The zero-order chi connectivity index (χ0) is 8.27. The number of nitrogen functional groups attached to an aromatic ring is 1. The van der Waals surface area contributed by atoms with Crippen LogP contribution >= 0.6 is 15.9 Å². The Morgan fingerprint density at radius 2 is 2.45 bits per heavy atom. The quantitative estimate of drug-likeness (QED) is 0.577. The van der Waals surface area contributed by atoms with Crippen LogP contribution in [-0.4, -0.2) is 16.0 Å². The number of pyridine rings is 1. The number of rotatable bonds is 2. The van der Waals surface area contributed by atoms with E-state index in [9.17, 15) is 0 Å². The van der Waals surface area contributed by atoms with E-state index in [1.165, 1.54) is 0 Å². The summed E-state index contributed by atoms with van der Waals surface area (Å²) in [6.45, 7) is 0. The molecular weight excluding hydrogens is 206 g/mol. The molecule has 0 fully saturated rings. The van der Waals surface area contributed by atoms with Crippen molar-refractivity contribution in [3.05, 3.63) is 23.9 Å². The van der Waals surface area contributed by atoms with Crippen molar-refractivity contribution >= 4 is 27.5 Å². The van der Waals surface area contributed by atoms with Gasteiger partial charge in [-0.3, -0.25) is 0 Å². The molecule has 0 spiro atoms. The maximum atomic E-state index is 7.45. The molecule has 0 unspecified atom stereocenters. The van der Waals surface area contributed by atoms with E-state index in [4.69, 9.17) is 11.1 Å². The lowest BCUT2D eigenvalue weighted by Gasteiger charge is -2.01. The zero-order valence-electron chi connectivity index (χ0n) is 5.84. The highest BCUT2D eigenvalue weighted by Crippen LogP contribution is 2.08. The van der Waals surface area contributed by atoms with Gasteiger partial charge in [0, 0.05) is 17.1 Å². The Morgan fingerprint density at radius 3 is 3.00 bits per heavy atom.